The van der Waals surface area contributed by atoms with E-state index in [-0.39, 0.29) is 11.5 Å². The van der Waals surface area contributed by atoms with Crippen LogP contribution in [0.2, 0.25) is 0 Å². The number of amides is 1. The number of hydrogen-bond acceptors (Lipinski definition) is 3. The van der Waals surface area contributed by atoms with E-state index in [0.29, 0.717) is 12.4 Å². The van der Waals surface area contributed by atoms with E-state index in [0.717, 1.165) is 11.1 Å². The van der Waals surface area contributed by atoms with Gasteiger partial charge in [-0.1, -0.05) is 60.7 Å². The van der Waals surface area contributed by atoms with Gasteiger partial charge in [0.05, 0.1) is 0 Å². The van der Waals surface area contributed by atoms with Gasteiger partial charge in [0, 0.05) is 25.4 Å². The van der Waals surface area contributed by atoms with Crippen LogP contribution < -0.4 is 5.56 Å². The van der Waals surface area contributed by atoms with Crippen molar-refractivity contribution >= 4 is 5.91 Å². The maximum absolute atomic E-state index is 12.5. The van der Waals surface area contributed by atoms with Gasteiger partial charge >= 0.3 is 0 Å². The van der Waals surface area contributed by atoms with E-state index in [4.69, 9.17) is 0 Å². The van der Waals surface area contributed by atoms with Crippen molar-refractivity contribution in [3.63, 3.8) is 0 Å². The van der Waals surface area contributed by atoms with Crippen LogP contribution >= 0.6 is 0 Å². The number of carbonyl (C=O) groups is 1. The van der Waals surface area contributed by atoms with Gasteiger partial charge in [-0.2, -0.15) is 0 Å². The topological polar surface area (TPSA) is 66.1 Å². The number of aromatic amines is 1. The fourth-order valence-electron chi connectivity index (χ4n) is 2.42. The SMILES string of the molecule is CN(Cc1ccccc1)C(=O)c1cnc(-c2ccccc2)[nH]c1=O. The number of nitrogens with one attached hydrogen (secondary N) is 1. The number of rotatable bonds is 4. The number of carbonyl (C=O) groups excluding carboxylic acids is 1. The van der Waals surface area contributed by atoms with E-state index in [1.54, 1.807) is 7.05 Å². The third kappa shape index (κ3) is 3.41. The van der Waals surface area contributed by atoms with Crippen LogP contribution in [0, 0.1) is 0 Å². The van der Waals surface area contributed by atoms with E-state index >= 15 is 0 Å². The fourth-order valence-corrected chi connectivity index (χ4v) is 2.42. The number of benzene rings is 2. The monoisotopic (exact) mass is 319 g/mol. The molecular formula is C19H17N3O2. The van der Waals surface area contributed by atoms with Crippen molar-refractivity contribution in [1.82, 2.24) is 14.9 Å². The molecule has 1 heterocycles. The first-order valence-electron chi connectivity index (χ1n) is 7.59. The first kappa shape index (κ1) is 15.7. The Morgan fingerprint density at radius 3 is 2.29 bits per heavy atom. The minimum absolute atomic E-state index is 0.0353. The summed E-state index contributed by atoms with van der Waals surface area (Å²) in [5.74, 6) is 0.0927. The number of nitrogens with zero attached hydrogens (tertiary/aromatic N) is 2. The molecule has 1 N–H and O–H groups in total. The van der Waals surface area contributed by atoms with Gasteiger partial charge in [0.1, 0.15) is 11.4 Å². The third-order valence-corrected chi connectivity index (χ3v) is 3.69. The van der Waals surface area contributed by atoms with Crippen LogP contribution in [0.25, 0.3) is 11.4 Å². The Morgan fingerprint density at radius 2 is 1.67 bits per heavy atom. The number of hydrogen-bond donors (Lipinski definition) is 1. The summed E-state index contributed by atoms with van der Waals surface area (Å²) in [5.41, 5.74) is 1.40. The van der Waals surface area contributed by atoms with E-state index in [2.05, 4.69) is 9.97 Å². The molecule has 24 heavy (non-hydrogen) atoms. The van der Waals surface area contributed by atoms with Gasteiger partial charge in [0.15, 0.2) is 0 Å². The molecular weight excluding hydrogens is 302 g/mol. The van der Waals surface area contributed by atoms with Gasteiger partial charge in [-0.25, -0.2) is 4.98 Å². The zero-order chi connectivity index (χ0) is 16.9. The van der Waals surface area contributed by atoms with Crippen LogP contribution in [-0.4, -0.2) is 27.8 Å². The molecule has 0 bridgehead atoms. The number of H-pyrrole nitrogens is 1. The summed E-state index contributed by atoms with van der Waals surface area (Å²) < 4.78 is 0. The lowest BCUT2D eigenvalue weighted by atomic mass is 10.2. The Labute approximate surface area is 139 Å². The Bertz CT molecular complexity index is 889. The highest BCUT2D eigenvalue weighted by Crippen LogP contribution is 2.12. The largest absolute Gasteiger partial charge is 0.337 e. The summed E-state index contributed by atoms with van der Waals surface area (Å²) in [6.07, 6.45) is 1.34. The Morgan fingerprint density at radius 1 is 1.04 bits per heavy atom. The highest BCUT2D eigenvalue weighted by atomic mass is 16.2. The Balaban J connectivity index is 1.82. The zero-order valence-electron chi connectivity index (χ0n) is 13.3. The van der Waals surface area contributed by atoms with E-state index in [1.807, 2.05) is 60.7 Å². The van der Waals surface area contributed by atoms with E-state index < -0.39 is 5.56 Å². The highest BCUT2D eigenvalue weighted by molar-refractivity contribution is 5.93. The van der Waals surface area contributed by atoms with Gasteiger partial charge in [-0.3, -0.25) is 9.59 Å². The van der Waals surface area contributed by atoms with Crippen LogP contribution in [-0.2, 0) is 6.54 Å². The summed E-state index contributed by atoms with van der Waals surface area (Å²) in [7, 11) is 1.67. The lowest BCUT2D eigenvalue weighted by molar-refractivity contribution is 0.0783. The minimum atomic E-state index is -0.436. The van der Waals surface area contributed by atoms with Crippen LogP contribution in [0.5, 0.6) is 0 Å². The van der Waals surface area contributed by atoms with Crippen molar-refractivity contribution < 1.29 is 4.79 Å². The summed E-state index contributed by atoms with van der Waals surface area (Å²) in [6, 6.07) is 18.9. The second-order valence-corrected chi connectivity index (χ2v) is 5.49. The van der Waals surface area contributed by atoms with Crippen molar-refractivity contribution in [2.75, 3.05) is 7.05 Å². The van der Waals surface area contributed by atoms with Crippen LogP contribution in [0.3, 0.4) is 0 Å². The quantitative estimate of drug-likeness (QED) is 0.804. The summed E-state index contributed by atoms with van der Waals surface area (Å²) in [6.45, 7) is 0.430. The molecule has 0 spiro atoms. The molecule has 0 fully saturated rings. The van der Waals surface area contributed by atoms with Crippen molar-refractivity contribution in [2.45, 2.75) is 6.54 Å². The van der Waals surface area contributed by atoms with Gasteiger partial charge in [-0.15, -0.1) is 0 Å². The molecule has 0 saturated carbocycles. The van der Waals surface area contributed by atoms with Crippen molar-refractivity contribution in [3.8, 4) is 11.4 Å². The first-order valence-corrected chi connectivity index (χ1v) is 7.59. The maximum Gasteiger partial charge on any atom is 0.264 e. The second kappa shape index (κ2) is 6.91. The summed E-state index contributed by atoms with van der Waals surface area (Å²) in [5, 5.41) is 0. The molecule has 120 valence electrons. The molecule has 3 rings (SSSR count). The third-order valence-electron chi connectivity index (χ3n) is 3.69. The lowest BCUT2D eigenvalue weighted by Crippen LogP contribution is -2.31. The van der Waals surface area contributed by atoms with Crippen LogP contribution in [0.1, 0.15) is 15.9 Å². The van der Waals surface area contributed by atoms with Crippen LogP contribution in [0.15, 0.2) is 71.7 Å². The fraction of sp³-hybridized carbons (Fsp3) is 0.105. The molecule has 0 aliphatic heterocycles. The molecule has 5 heteroatoms. The van der Waals surface area contributed by atoms with Gasteiger partial charge in [0.25, 0.3) is 11.5 Å². The predicted octanol–water partition coefficient (Wildman–Crippen LogP) is 2.71. The molecule has 0 atom stereocenters. The zero-order valence-corrected chi connectivity index (χ0v) is 13.3. The molecule has 0 radical (unpaired) electrons. The Kier molecular flexibility index (Phi) is 4.52. The van der Waals surface area contributed by atoms with Crippen molar-refractivity contribution in [3.05, 3.63) is 88.3 Å². The summed E-state index contributed by atoms with van der Waals surface area (Å²) >= 11 is 0. The molecule has 0 aliphatic rings. The average Bonchev–Trinajstić information content (AvgIpc) is 2.62. The first-order chi connectivity index (χ1) is 11.6. The van der Waals surface area contributed by atoms with Crippen molar-refractivity contribution in [1.29, 1.82) is 0 Å². The smallest absolute Gasteiger partial charge is 0.264 e. The molecule has 1 aromatic heterocycles. The molecule has 5 nitrogen and oxygen atoms in total. The van der Waals surface area contributed by atoms with E-state index in [9.17, 15) is 9.59 Å². The van der Waals surface area contributed by atoms with Gasteiger partial charge < -0.3 is 9.88 Å². The lowest BCUT2D eigenvalue weighted by Gasteiger charge is -2.16. The van der Waals surface area contributed by atoms with Crippen molar-refractivity contribution in [2.24, 2.45) is 0 Å². The van der Waals surface area contributed by atoms with Gasteiger partial charge in [0.2, 0.25) is 0 Å². The molecule has 0 unspecified atom stereocenters. The Hall–Kier alpha value is -3.21. The molecule has 2 aromatic carbocycles. The van der Waals surface area contributed by atoms with E-state index in [1.165, 1.54) is 11.1 Å². The normalized spacial score (nSPS) is 10.4. The highest BCUT2D eigenvalue weighted by Gasteiger charge is 2.17. The molecule has 0 aliphatic carbocycles. The standard InChI is InChI=1S/C19H17N3O2/c1-22(13-14-8-4-2-5-9-14)19(24)16-12-20-17(21-18(16)23)15-10-6-3-7-11-15/h2-12H,13H2,1H3,(H,20,21,23). The maximum atomic E-state index is 12.5. The average molecular weight is 319 g/mol. The van der Waals surface area contributed by atoms with Gasteiger partial charge in [-0.05, 0) is 5.56 Å². The summed E-state index contributed by atoms with van der Waals surface area (Å²) in [4.78, 5) is 33.2. The molecule has 1 amide bonds. The second-order valence-electron chi connectivity index (χ2n) is 5.49. The van der Waals surface area contributed by atoms with Crippen LogP contribution in [0.4, 0.5) is 0 Å². The molecule has 3 aromatic rings. The number of aromatic nitrogens is 2. The minimum Gasteiger partial charge on any atom is -0.337 e. The molecule has 0 saturated heterocycles. The predicted molar refractivity (Wildman–Crippen MR) is 92.5 cm³/mol.